The lowest BCUT2D eigenvalue weighted by molar-refractivity contribution is 0.303. The lowest BCUT2D eigenvalue weighted by Crippen LogP contribution is -2.32. The van der Waals surface area contributed by atoms with E-state index in [4.69, 9.17) is 14.8 Å². The Hall–Kier alpha value is -1.07. The summed E-state index contributed by atoms with van der Waals surface area (Å²) in [5.74, 6) is -0.219. The van der Waals surface area contributed by atoms with Crippen LogP contribution in [0.2, 0.25) is 0 Å². The highest BCUT2D eigenvalue weighted by Crippen LogP contribution is 2.13. The van der Waals surface area contributed by atoms with Crippen molar-refractivity contribution in [2.24, 2.45) is 0 Å². The van der Waals surface area contributed by atoms with Gasteiger partial charge < -0.3 is 14.8 Å². The van der Waals surface area contributed by atoms with Crippen molar-refractivity contribution < 1.29 is 19.2 Å². The predicted octanol–water partition coefficient (Wildman–Crippen LogP) is 3.81. The lowest BCUT2D eigenvalue weighted by Gasteiger charge is -2.08. The Balaban J connectivity index is 2.02. The molecule has 0 aliphatic heterocycles. The van der Waals surface area contributed by atoms with E-state index in [-0.39, 0.29) is 5.46 Å². The van der Waals surface area contributed by atoms with Crippen LogP contribution in [0.4, 0.5) is 4.39 Å². The summed E-state index contributed by atoms with van der Waals surface area (Å²) < 4.78 is 19.0. The molecule has 1 aromatic rings. The highest BCUT2D eigenvalue weighted by atomic mass is 19.1. The van der Waals surface area contributed by atoms with Gasteiger partial charge in [-0.25, -0.2) is 4.39 Å². The molecule has 130 valence electrons. The van der Waals surface area contributed by atoms with Crippen molar-refractivity contribution in [3.8, 4) is 5.75 Å². The van der Waals surface area contributed by atoms with Gasteiger partial charge in [0.25, 0.3) is 0 Å². The maximum atomic E-state index is 13.5. The molecule has 5 heteroatoms. The SMILES string of the molecule is CCCCCCCCCCCCOc1ccc(B(O)O)c(F)c1. The summed E-state index contributed by atoms with van der Waals surface area (Å²) in [7, 11) is -1.79. The maximum Gasteiger partial charge on any atom is 0.491 e. The van der Waals surface area contributed by atoms with Crippen molar-refractivity contribution in [3.63, 3.8) is 0 Å². The third kappa shape index (κ3) is 8.97. The van der Waals surface area contributed by atoms with Gasteiger partial charge in [-0.3, -0.25) is 0 Å². The first-order valence-electron chi connectivity index (χ1n) is 8.93. The molecule has 0 radical (unpaired) electrons. The summed E-state index contributed by atoms with van der Waals surface area (Å²) in [6.45, 7) is 2.80. The van der Waals surface area contributed by atoms with Crippen LogP contribution >= 0.6 is 0 Å². The van der Waals surface area contributed by atoms with Crippen LogP contribution in [-0.4, -0.2) is 23.8 Å². The molecule has 0 unspecified atom stereocenters. The summed E-state index contributed by atoms with van der Waals surface area (Å²) >= 11 is 0. The van der Waals surface area contributed by atoms with Gasteiger partial charge in [-0.2, -0.15) is 0 Å². The Labute approximate surface area is 140 Å². The molecule has 0 heterocycles. The summed E-state index contributed by atoms with van der Waals surface area (Å²) in [5, 5.41) is 17.9. The number of rotatable bonds is 13. The summed E-state index contributed by atoms with van der Waals surface area (Å²) in [6.07, 6.45) is 12.6. The minimum absolute atomic E-state index is 0.128. The molecule has 0 atom stereocenters. The number of ether oxygens (including phenoxy) is 1. The second-order valence-corrected chi connectivity index (χ2v) is 6.09. The molecule has 1 rings (SSSR count). The largest absolute Gasteiger partial charge is 0.493 e. The van der Waals surface area contributed by atoms with E-state index >= 15 is 0 Å². The van der Waals surface area contributed by atoms with Crippen LogP contribution in [0, 0.1) is 5.82 Å². The van der Waals surface area contributed by atoms with E-state index in [0.29, 0.717) is 12.4 Å². The van der Waals surface area contributed by atoms with Gasteiger partial charge >= 0.3 is 7.12 Å². The highest BCUT2D eigenvalue weighted by Gasteiger charge is 2.16. The molecule has 0 saturated heterocycles. The number of hydrogen-bond donors (Lipinski definition) is 2. The topological polar surface area (TPSA) is 49.7 Å². The Morgan fingerprint density at radius 3 is 2.00 bits per heavy atom. The standard InChI is InChI=1S/C18H30BFO3/c1-2-3-4-5-6-7-8-9-10-11-14-23-16-12-13-17(19(21)22)18(20)15-16/h12-13,15,21-22H,2-11,14H2,1H3. The zero-order chi connectivity index (χ0) is 16.9. The van der Waals surface area contributed by atoms with E-state index in [1.165, 1.54) is 63.5 Å². The molecule has 0 fully saturated rings. The van der Waals surface area contributed by atoms with Crippen molar-refractivity contribution in [1.82, 2.24) is 0 Å². The molecular formula is C18H30BFO3. The minimum atomic E-state index is -1.79. The fraction of sp³-hybridized carbons (Fsp3) is 0.667. The zero-order valence-electron chi connectivity index (χ0n) is 14.3. The van der Waals surface area contributed by atoms with E-state index in [9.17, 15) is 4.39 Å². The zero-order valence-corrected chi connectivity index (χ0v) is 14.3. The van der Waals surface area contributed by atoms with Gasteiger partial charge in [-0.05, 0) is 12.5 Å². The molecule has 0 aliphatic carbocycles. The normalized spacial score (nSPS) is 10.8. The van der Waals surface area contributed by atoms with Crippen LogP contribution in [0.5, 0.6) is 5.75 Å². The molecular weight excluding hydrogens is 294 g/mol. The summed E-state index contributed by atoms with van der Waals surface area (Å²) in [6, 6.07) is 4.10. The Morgan fingerprint density at radius 2 is 1.48 bits per heavy atom. The second-order valence-electron chi connectivity index (χ2n) is 6.09. The van der Waals surface area contributed by atoms with Crippen LogP contribution in [0.1, 0.15) is 71.1 Å². The quantitative estimate of drug-likeness (QED) is 0.428. The average molecular weight is 324 g/mol. The van der Waals surface area contributed by atoms with Crippen molar-refractivity contribution in [1.29, 1.82) is 0 Å². The third-order valence-corrected chi connectivity index (χ3v) is 4.02. The van der Waals surface area contributed by atoms with E-state index in [2.05, 4.69) is 6.92 Å². The molecule has 0 aliphatic rings. The van der Waals surface area contributed by atoms with Gasteiger partial charge in [0.15, 0.2) is 0 Å². The van der Waals surface area contributed by atoms with E-state index in [1.807, 2.05) is 0 Å². The van der Waals surface area contributed by atoms with Gasteiger partial charge in [0.2, 0.25) is 0 Å². The fourth-order valence-corrected chi connectivity index (χ4v) is 2.59. The van der Waals surface area contributed by atoms with Crippen molar-refractivity contribution in [2.75, 3.05) is 6.61 Å². The van der Waals surface area contributed by atoms with E-state index < -0.39 is 12.9 Å². The number of halogens is 1. The first kappa shape index (κ1) is 20.0. The van der Waals surface area contributed by atoms with Crippen molar-refractivity contribution >= 4 is 12.6 Å². The summed E-state index contributed by atoms with van der Waals surface area (Å²) in [4.78, 5) is 0. The van der Waals surface area contributed by atoms with Crippen LogP contribution in [0.25, 0.3) is 0 Å². The van der Waals surface area contributed by atoms with Crippen LogP contribution in [-0.2, 0) is 0 Å². The van der Waals surface area contributed by atoms with Gasteiger partial charge in [0, 0.05) is 11.5 Å². The highest BCUT2D eigenvalue weighted by molar-refractivity contribution is 6.58. The Kier molecular flexibility index (Phi) is 10.7. The molecule has 23 heavy (non-hydrogen) atoms. The first-order chi connectivity index (χ1) is 11.1. The molecule has 1 aromatic carbocycles. The fourth-order valence-electron chi connectivity index (χ4n) is 2.59. The van der Waals surface area contributed by atoms with Gasteiger partial charge in [0.1, 0.15) is 11.6 Å². The van der Waals surface area contributed by atoms with E-state index in [1.54, 1.807) is 6.07 Å². The smallest absolute Gasteiger partial charge is 0.491 e. The van der Waals surface area contributed by atoms with Crippen LogP contribution in [0.15, 0.2) is 18.2 Å². The van der Waals surface area contributed by atoms with Gasteiger partial charge in [0.05, 0.1) is 6.61 Å². The molecule has 0 saturated carbocycles. The Bertz CT molecular complexity index is 427. The monoisotopic (exact) mass is 324 g/mol. The van der Waals surface area contributed by atoms with Crippen LogP contribution < -0.4 is 10.2 Å². The van der Waals surface area contributed by atoms with Gasteiger partial charge in [-0.15, -0.1) is 0 Å². The molecule has 0 amide bonds. The summed E-state index contributed by atoms with van der Waals surface area (Å²) in [5.41, 5.74) is -0.128. The van der Waals surface area contributed by atoms with Crippen molar-refractivity contribution in [3.05, 3.63) is 24.0 Å². The number of hydrogen-bond acceptors (Lipinski definition) is 3. The molecule has 0 bridgehead atoms. The maximum absolute atomic E-state index is 13.5. The Morgan fingerprint density at radius 1 is 0.913 bits per heavy atom. The average Bonchev–Trinajstić information content (AvgIpc) is 2.52. The predicted molar refractivity (Wildman–Crippen MR) is 93.6 cm³/mol. The molecule has 2 N–H and O–H groups in total. The lowest BCUT2D eigenvalue weighted by atomic mass is 9.80. The molecule has 0 spiro atoms. The third-order valence-electron chi connectivity index (χ3n) is 4.02. The second kappa shape index (κ2) is 12.4. The van der Waals surface area contributed by atoms with Gasteiger partial charge in [-0.1, -0.05) is 70.8 Å². The minimum Gasteiger partial charge on any atom is -0.493 e. The molecule has 3 nitrogen and oxygen atoms in total. The van der Waals surface area contributed by atoms with Crippen molar-refractivity contribution in [2.45, 2.75) is 71.1 Å². The molecule has 0 aromatic heterocycles. The number of benzene rings is 1. The van der Waals surface area contributed by atoms with E-state index in [0.717, 1.165) is 12.8 Å². The number of unbranched alkanes of at least 4 members (excludes halogenated alkanes) is 9. The first-order valence-corrected chi connectivity index (χ1v) is 8.93. The van der Waals surface area contributed by atoms with Crippen LogP contribution in [0.3, 0.4) is 0 Å².